The van der Waals surface area contributed by atoms with Crippen LogP contribution in [-0.2, 0) is 4.79 Å². The number of aromatic nitrogens is 1. The fourth-order valence-corrected chi connectivity index (χ4v) is 1.99. The van der Waals surface area contributed by atoms with Crippen molar-refractivity contribution in [2.24, 2.45) is 0 Å². The first kappa shape index (κ1) is 18.0. The minimum absolute atomic E-state index is 0. The SMILES string of the molecule is Cc1ccc2oc(C(=O)NC(C)(C)CCC(=O)O)cc2n1.Cl. The molecule has 0 bridgehead atoms. The molecule has 120 valence electrons. The van der Waals surface area contributed by atoms with Gasteiger partial charge in [-0.1, -0.05) is 0 Å². The molecule has 0 unspecified atom stereocenters. The van der Waals surface area contributed by atoms with Crippen molar-refractivity contribution in [3.05, 3.63) is 29.7 Å². The van der Waals surface area contributed by atoms with Gasteiger partial charge in [0.25, 0.3) is 5.91 Å². The molecule has 2 heterocycles. The van der Waals surface area contributed by atoms with Gasteiger partial charge in [0.05, 0.1) is 0 Å². The van der Waals surface area contributed by atoms with Gasteiger partial charge in [-0.25, -0.2) is 4.98 Å². The van der Waals surface area contributed by atoms with E-state index < -0.39 is 11.5 Å². The Morgan fingerprint density at radius 1 is 1.36 bits per heavy atom. The van der Waals surface area contributed by atoms with Crippen molar-refractivity contribution in [3.8, 4) is 0 Å². The van der Waals surface area contributed by atoms with E-state index >= 15 is 0 Å². The molecule has 0 saturated heterocycles. The molecule has 0 saturated carbocycles. The number of carboxylic acid groups (broad SMARTS) is 1. The highest BCUT2D eigenvalue weighted by Gasteiger charge is 2.24. The highest BCUT2D eigenvalue weighted by Crippen LogP contribution is 2.19. The third-order valence-electron chi connectivity index (χ3n) is 3.15. The zero-order valence-corrected chi connectivity index (χ0v) is 13.5. The minimum atomic E-state index is -0.888. The van der Waals surface area contributed by atoms with Crippen molar-refractivity contribution in [1.29, 1.82) is 0 Å². The summed E-state index contributed by atoms with van der Waals surface area (Å²) in [4.78, 5) is 27.1. The summed E-state index contributed by atoms with van der Waals surface area (Å²) in [5.41, 5.74) is 1.40. The van der Waals surface area contributed by atoms with E-state index in [-0.39, 0.29) is 30.5 Å². The summed E-state index contributed by atoms with van der Waals surface area (Å²) in [6.45, 7) is 5.42. The molecule has 0 aliphatic heterocycles. The van der Waals surface area contributed by atoms with Gasteiger partial charge in [-0.3, -0.25) is 9.59 Å². The van der Waals surface area contributed by atoms with Gasteiger partial charge in [0, 0.05) is 23.7 Å². The maximum Gasteiger partial charge on any atom is 0.303 e. The second kappa shape index (κ2) is 6.79. The van der Waals surface area contributed by atoms with E-state index in [9.17, 15) is 9.59 Å². The first-order valence-corrected chi connectivity index (χ1v) is 6.68. The van der Waals surface area contributed by atoms with Gasteiger partial charge < -0.3 is 14.8 Å². The fourth-order valence-electron chi connectivity index (χ4n) is 1.99. The third kappa shape index (κ3) is 4.46. The van der Waals surface area contributed by atoms with Gasteiger partial charge >= 0.3 is 5.97 Å². The van der Waals surface area contributed by atoms with Crippen LogP contribution in [0.1, 0.15) is 42.9 Å². The summed E-state index contributed by atoms with van der Waals surface area (Å²) in [6, 6.07) is 5.17. The van der Waals surface area contributed by atoms with Crippen LogP contribution >= 0.6 is 12.4 Å². The molecule has 0 fully saturated rings. The Morgan fingerprint density at radius 3 is 2.68 bits per heavy atom. The number of nitrogens with one attached hydrogen (secondary N) is 1. The monoisotopic (exact) mass is 326 g/mol. The number of furan rings is 1. The van der Waals surface area contributed by atoms with Crippen LogP contribution in [-0.4, -0.2) is 27.5 Å². The number of halogens is 1. The zero-order chi connectivity index (χ0) is 15.6. The molecule has 2 rings (SSSR count). The summed E-state index contributed by atoms with van der Waals surface area (Å²) < 4.78 is 5.47. The largest absolute Gasteiger partial charge is 0.481 e. The van der Waals surface area contributed by atoms with Crippen LogP contribution in [0.3, 0.4) is 0 Å². The third-order valence-corrected chi connectivity index (χ3v) is 3.15. The molecule has 7 heteroatoms. The second-order valence-corrected chi connectivity index (χ2v) is 5.68. The average molecular weight is 327 g/mol. The number of carboxylic acids is 1. The molecular formula is C15H19ClN2O4. The Bertz CT molecular complexity index is 694. The van der Waals surface area contributed by atoms with Crippen molar-refractivity contribution in [1.82, 2.24) is 10.3 Å². The maximum atomic E-state index is 12.2. The van der Waals surface area contributed by atoms with Crippen LogP contribution in [0.5, 0.6) is 0 Å². The number of carbonyl (C=O) groups excluding carboxylic acids is 1. The number of aliphatic carboxylic acids is 1. The number of rotatable bonds is 5. The van der Waals surface area contributed by atoms with Gasteiger partial charge in [-0.15, -0.1) is 12.4 Å². The fraction of sp³-hybridized carbons (Fsp3) is 0.400. The number of pyridine rings is 1. The molecule has 2 aromatic rings. The topological polar surface area (TPSA) is 92.4 Å². The summed E-state index contributed by atoms with van der Waals surface area (Å²) in [5.74, 6) is -1.09. The molecule has 1 amide bonds. The first-order valence-electron chi connectivity index (χ1n) is 6.68. The van der Waals surface area contributed by atoms with Crippen LogP contribution in [0.2, 0.25) is 0 Å². The lowest BCUT2D eigenvalue weighted by atomic mass is 9.98. The van der Waals surface area contributed by atoms with E-state index in [4.69, 9.17) is 9.52 Å². The lowest BCUT2D eigenvalue weighted by molar-refractivity contribution is -0.137. The van der Waals surface area contributed by atoms with Crippen molar-refractivity contribution < 1.29 is 19.1 Å². The van der Waals surface area contributed by atoms with Gasteiger partial charge in [-0.05, 0) is 39.3 Å². The number of amides is 1. The minimum Gasteiger partial charge on any atom is -0.481 e. The van der Waals surface area contributed by atoms with Crippen molar-refractivity contribution in [2.45, 2.75) is 39.2 Å². The Morgan fingerprint density at radius 2 is 2.05 bits per heavy atom. The van der Waals surface area contributed by atoms with E-state index in [1.54, 1.807) is 26.0 Å². The summed E-state index contributed by atoms with van der Waals surface area (Å²) in [5, 5.41) is 11.5. The van der Waals surface area contributed by atoms with Crippen molar-refractivity contribution in [3.63, 3.8) is 0 Å². The highest BCUT2D eigenvalue weighted by molar-refractivity contribution is 5.95. The first-order chi connectivity index (χ1) is 9.77. The van der Waals surface area contributed by atoms with E-state index in [0.717, 1.165) is 5.69 Å². The summed E-state index contributed by atoms with van der Waals surface area (Å²) in [7, 11) is 0. The molecule has 22 heavy (non-hydrogen) atoms. The number of nitrogens with zero attached hydrogens (tertiary/aromatic N) is 1. The van der Waals surface area contributed by atoms with Crippen LogP contribution in [0.15, 0.2) is 22.6 Å². The van der Waals surface area contributed by atoms with Crippen LogP contribution < -0.4 is 5.32 Å². The number of carbonyl (C=O) groups is 2. The van der Waals surface area contributed by atoms with E-state index in [0.29, 0.717) is 17.5 Å². The predicted molar refractivity (Wildman–Crippen MR) is 84.4 cm³/mol. The van der Waals surface area contributed by atoms with E-state index in [1.807, 2.05) is 13.0 Å². The molecule has 0 aromatic carbocycles. The lowest BCUT2D eigenvalue weighted by Gasteiger charge is -2.24. The molecule has 0 spiro atoms. The number of hydrogen-bond donors (Lipinski definition) is 2. The Kier molecular flexibility index (Phi) is 5.54. The van der Waals surface area contributed by atoms with E-state index in [1.165, 1.54) is 0 Å². The Balaban J connectivity index is 0.00000242. The lowest BCUT2D eigenvalue weighted by Crippen LogP contribution is -2.43. The number of aryl methyl sites for hydroxylation is 1. The van der Waals surface area contributed by atoms with Crippen LogP contribution in [0, 0.1) is 6.92 Å². The van der Waals surface area contributed by atoms with Crippen LogP contribution in [0.4, 0.5) is 0 Å². The molecule has 2 aromatic heterocycles. The molecular weight excluding hydrogens is 308 g/mol. The zero-order valence-electron chi connectivity index (χ0n) is 12.7. The standard InChI is InChI=1S/C15H18N2O4.ClH/c1-9-4-5-11-10(16-9)8-12(21-11)14(20)17-15(2,3)7-6-13(18)19;/h4-5,8H,6-7H2,1-3H3,(H,17,20)(H,18,19);1H. The van der Waals surface area contributed by atoms with Gasteiger partial charge in [0.1, 0.15) is 5.52 Å². The van der Waals surface area contributed by atoms with Crippen molar-refractivity contribution >= 4 is 35.4 Å². The molecule has 0 aliphatic carbocycles. The molecule has 6 nitrogen and oxygen atoms in total. The van der Waals surface area contributed by atoms with Gasteiger partial charge in [-0.2, -0.15) is 0 Å². The quantitative estimate of drug-likeness (QED) is 0.881. The summed E-state index contributed by atoms with van der Waals surface area (Å²) in [6.07, 6.45) is 0.333. The van der Waals surface area contributed by atoms with Gasteiger partial charge in [0.15, 0.2) is 11.3 Å². The number of hydrogen-bond acceptors (Lipinski definition) is 4. The smallest absolute Gasteiger partial charge is 0.303 e. The Labute approximate surface area is 134 Å². The number of fused-ring (bicyclic) bond motifs is 1. The predicted octanol–water partition coefficient (Wildman–Crippen LogP) is 2.93. The Hall–Kier alpha value is -2.08. The van der Waals surface area contributed by atoms with Crippen LogP contribution in [0.25, 0.3) is 11.1 Å². The molecule has 0 aliphatic rings. The maximum absolute atomic E-state index is 12.2. The summed E-state index contributed by atoms with van der Waals surface area (Å²) >= 11 is 0. The van der Waals surface area contributed by atoms with E-state index in [2.05, 4.69) is 10.3 Å². The normalized spacial score (nSPS) is 11.0. The highest BCUT2D eigenvalue weighted by atomic mass is 35.5. The second-order valence-electron chi connectivity index (χ2n) is 5.68. The average Bonchev–Trinajstić information content (AvgIpc) is 2.79. The molecule has 2 N–H and O–H groups in total. The molecule has 0 atom stereocenters. The van der Waals surface area contributed by atoms with Gasteiger partial charge in [0.2, 0.25) is 0 Å². The van der Waals surface area contributed by atoms with Crippen molar-refractivity contribution in [2.75, 3.05) is 0 Å². The molecule has 0 radical (unpaired) electrons.